The third kappa shape index (κ3) is 6.58. The van der Waals surface area contributed by atoms with Crippen molar-refractivity contribution in [1.29, 1.82) is 0 Å². The zero-order valence-electron chi connectivity index (χ0n) is 21.8. The Morgan fingerprint density at radius 1 is 0.865 bits per heavy atom. The number of benzene rings is 3. The average molecular weight is 499 g/mol. The van der Waals surface area contributed by atoms with Gasteiger partial charge in [0.2, 0.25) is 5.91 Å². The number of aryl methyl sites for hydroxylation is 1. The van der Waals surface area contributed by atoms with E-state index in [1.165, 1.54) is 5.56 Å². The van der Waals surface area contributed by atoms with E-state index in [2.05, 4.69) is 36.2 Å². The van der Waals surface area contributed by atoms with Crippen LogP contribution >= 0.6 is 0 Å². The molecule has 6 nitrogen and oxygen atoms in total. The number of amides is 1. The first-order valence-electron chi connectivity index (χ1n) is 12.8. The summed E-state index contributed by atoms with van der Waals surface area (Å²) in [5.41, 5.74) is 2.95. The Morgan fingerprint density at radius 2 is 1.59 bits per heavy atom. The molecule has 0 aliphatic rings. The van der Waals surface area contributed by atoms with Crippen molar-refractivity contribution in [1.82, 2.24) is 4.98 Å². The standard InChI is InChI=1S/C31H34N2O4/c1-4-20-33(31(34)13-9-8-12-23-10-6-5-7-11-23)24-14-16-25(17-15-24)37-28-18-19-32-27-22-30(36-3)29(35-2)21-26(27)28/h5-7,10-11,14-19,21-22H,4,8-9,12-13,20H2,1-3H3. The average Bonchev–Trinajstić information content (AvgIpc) is 2.94. The van der Waals surface area contributed by atoms with E-state index in [1.54, 1.807) is 20.4 Å². The Bertz CT molecular complexity index is 1310. The molecule has 1 aromatic heterocycles. The van der Waals surface area contributed by atoms with Crippen LogP contribution in [0.1, 0.15) is 38.2 Å². The number of fused-ring (bicyclic) bond motifs is 1. The molecule has 0 aliphatic carbocycles. The second kappa shape index (κ2) is 12.8. The van der Waals surface area contributed by atoms with Crippen LogP contribution in [0.2, 0.25) is 0 Å². The number of hydrogen-bond acceptors (Lipinski definition) is 5. The van der Waals surface area contributed by atoms with Crippen molar-refractivity contribution >= 4 is 22.5 Å². The highest BCUT2D eigenvalue weighted by Crippen LogP contribution is 2.37. The lowest BCUT2D eigenvalue weighted by atomic mass is 10.1. The number of ether oxygens (including phenoxy) is 3. The number of aromatic nitrogens is 1. The van der Waals surface area contributed by atoms with Gasteiger partial charge >= 0.3 is 0 Å². The summed E-state index contributed by atoms with van der Waals surface area (Å²) in [6, 6.07) is 23.6. The summed E-state index contributed by atoms with van der Waals surface area (Å²) >= 11 is 0. The minimum atomic E-state index is 0.157. The van der Waals surface area contributed by atoms with Crippen LogP contribution in [-0.2, 0) is 11.2 Å². The maximum absolute atomic E-state index is 13.0. The van der Waals surface area contributed by atoms with Crippen molar-refractivity contribution < 1.29 is 19.0 Å². The van der Waals surface area contributed by atoms with Crippen molar-refractivity contribution in [2.24, 2.45) is 0 Å². The van der Waals surface area contributed by atoms with Crippen LogP contribution in [0.3, 0.4) is 0 Å². The highest BCUT2D eigenvalue weighted by Gasteiger charge is 2.16. The summed E-state index contributed by atoms with van der Waals surface area (Å²) in [4.78, 5) is 19.4. The zero-order chi connectivity index (χ0) is 26.0. The SMILES string of the molecule is CCCN(C(=O)CCCCc1ccccc1)c1ccc(Oc2ccnc3cc(OC)c(OC)cc23)cc1. The molecule has 0 aliphatic heterocycles. The Hall–Kier alpha value is -4.06. The largest absolute Gasteiger partial charge is 0.493 e. The first-order valence-corrected chi connectivity index (χ1v) is 12.8. The number of unbranched alkanes of at least 4 members (excludes halogenated alkanes) is 1. The van der Waals surface area contributed by atoms with E-state index in [1.807, 2.05) is 53.4 Å². The molecule has 0 spiro atoms. The fraction of sp³-hybridized carbons (Fsp3) is 0.290. The minimum absolute atomic E-state index is 0.157. The minimum Gasteiger partial charge on any atom is -0.493 e. The highest BCUT2D eigenvalue weighted by molar-refractivity contribution is 5.93. The van der Waals surface area contributed by atoms with E-state index in [-0.39, 0.29) is 5.91 Å². The lowest BCUT2D eigenvalue weighted by Crippen LogP contribution is -2.31. The number of carbonyl (C=O) groups is 1. The summed E-state index contributed by atoms with van der Waals surface area (Å²) in [7, 11) is 3.20. The number of nitrogens with zero attached hydrogens (tertiary/aromatic N) is 2. The molecule has 4 aromatic rings. The normalized spacial score (nSPS) is 10.8. The number of carbonyl (C=O) groups excluding carboxylic acids is 1. The smallest absolute Gasteiger partial charge is 0.226 e. The number of methoxy groups -OCH3 is 2. The highest BCUT2D eigenvalue weighted by atomic mass is 16.5. The van der Waals surface area contributed by atoms with Gasteiger partial charge in [-0.25, -0.2) is 0 Å². The first-order chi connectivity index (χ1) is 18.1. The van der Waals surface area contributed by atoms with Crippen LogP contribution in [0, 0.1) is 0 Å². The summed E-state index contributed by atoms with van der Waals surface area (Å²) in [6.45, 7) is 2.78. The first kappa shape index (κ1) is 26.0. The van der Waals surface area contributed by atoms with E-state index in [0.29, 0.717) is 36.0 Å². The predicted octanol–water partition coefficient (Wildman–Crippen LogP) is 7.20. The molecular weight excluding hydrogens is 464 g/mol. The molecule has 37 heavy (non-hydrogen) atoms. The van der Waals surface area contributed by atoms with Gasteiger partial charge in [-0.15, -0.1) is 0 Å². The van der Waals surface area contributed by atoms with E-state index >= 15 is 0 Å². The number of rotatable bonds is 12. The van der Waals surface area contributed by atoms with E-state index in [9.17, 15) is 4.79 Å². The molecular formula is C31H34N2O4. The lowest BCUT2D eigenvalue weighted by Gasteiger charge is -2.23. The summed E-state index contributed by atoms with van der Waals surface area (Å²) in [5, 5.41) is 0.822. The van der Waals surface area contributed by atoms with Crippen LogP contribution < -0.4 is 19.1 Å². The van der Waals surface area contributed by atoms with Crippen molar-refractivity contribution in [3.05, 3.63) is 84.6 Å². The van der Waals surface area contributed by atoms with E-state index in [0.717, 1.165) is 42.3 Å². The van der Waals surface area contributed by atoms with Crippen LogP contribution in [-0.4, -0.2) is 31.7 Å². The molecule has 0 atom stereocenters. The quantitative estimate of drug-likeness (QED) is 0.193. The molecule has 0 fully saturated rings. The van der Waals surface area contributed by atoms with Gasteiger partial charge in [0, 0.05) is 36.3 Å². The van der Waals surface area contributed by atoms with Crippen LogP contribution in [0.5, 0.6) is 23.0 Å². The molecule has 0 N–H and O–H groups in total. The Kier molecular flexibility index (Phi) is 8.98. The fourth-order valence-corrected chi connectivity index (χ4v) is 4.36. The maximum Gasteiger partial charge on any atom is 0.226 e. The molecule has 1 amide bonds. The monoisotopic (exact) mass is 498 g/mol. The van der Waals surface area contributed by atoms with Gasteiger partial charge in [-0.3, -0.25) is 9.78 Å². The molecule has 0 radical (unpaired) electrons. The van der Waals surface area contributed by atoms with Gasteiger partial charge in [-0.1, -0.05) is 37.3 Å². The van der Waals surface area contributed by atoms with Gasteiger partial charge in [0.25, 0.3) is 0 Å². The van der Waals surface area contributed by atoms with Gasteiger partial charge in [0.1, 0.15) is 11.5 Å². The van der Waals surface area contributed by atoms with Crippen molar-refractivity contribution in [2.45, 2.75) is 39.0 Å². The zero-order valence-corrected chi connectivity index (χ0v) is 21.8. The lowest BCUT2D eigenvalue weighted by molar-refractivity contribution is -0.118. The summed E-state index contributed by atoms with van der Waals surface area (Å²) < 4.78 is 17.0. The maximum atomic E-state index is 13.0. The summed E-state index contributed by atoms with van der Waals surface area (Å²) in [6.07, 6.45) is 6.01. The van der Waals surface area contributed by atoms with Crippen molar-refractivity contribution in [2.75, 3.05) is 25.7 Å². The van der Waals surface area contributed by atoms with Gasteiger partial charge < -0.3 is 19.1 Å². The van der Waals surface area contributed by atoms with Gasteiger partial charge in [-0.2, -0.15) is 0 Å². The predicted molar refractivity (Wildman–Crippen MR) is 148 cm³/mol. The van der Waals surface area contributed by atoms with Crippen LogP contribution in [0.25, 0.3) is 10.9 Å². The van der Waals surface area contributed by atoms with Gasteiger partial charge in [0.05, 0.1) is 19.7 Å². The molecule has 0 saturated heterocycles. The number of pyridine rings is 1. The third-order valence-corrected chi connectivity index (χ3v) is 6.28. The molecule has 0 bridgehead atoms. The fourth-order valence-electron chi connectivity index (χ4n) is 4.36. The van der Waals surface area contributed by atoms with Crippen LogP contribution in [0.4, 0.5) is 5.69 Å². The molecule has 0 saturated carbocycles. The Morgan fingerprint density at radius 3 is 2.30 bits per heavy atom. The topological polar surface area (TPSA) is 60.9 Å². The Labute approximate surface area is 218 Å². The van der Waals surface area contributed by atoms with Crippen molar-refractivity contribution in [3.8, 4) is 23.0 Å². The molecule has 1 heterocycles. The molecule has 192 valence electrons. The number of hydrogen-bond donors (Lipinski definition) is 0. The van der Waals surface area contributed by atoms with Crippen LogP contribution in [0.15, 0.2) is 79.0 Å². The van der Waals surface area contributed by atoms with Gasteiger partial charge in [0.15, 0.2) is 11.5 Å². The molecule has 4 rings (SSSR count). The molecule has 0 unspecified atom stereocenters. The van der Waals surface area contributed by atoms with E-state index < -0.39 is 0 Å². The van der Waals surface area contributed by atoms with Crippen molar-refractivity contribution in [3.63, 3.8) is 0 Å². The number of anilines is 1. The second-order valence-electron chi connectivity index (χ2n) is 8.87. The molecule has 3 aromatic carbocycles. The molecule has 6 heteroatoms. The van der Waals surface area contributed by atoms with E-state index in [4.69, 9.17) is 14.2 Å². The van der Waals surface area contributed by atoms with Gasteiger partial charge in [-0.05, 0) is 67.6 Å². The summed E-state index contributed by atoms with van der Waals surface area (Å²) in [5.74, 6) is 2.73. The third-order valence-electron chi connectivity index (χ3n) is 6.28. The second-order valence-corrected chi connectivity index (χ2v) is 8.87. The Balaban J connectivity index is 1.43.